The molecule has 3 aromatic rings. The highest BCUT2D eigenvalue weighted by molar-refractivity contribution is 6.30. The summed E-state index contributed by atoms with van der Waals surface area (Å²) in [5.74, 6) is -0.0534. The highest BCUT2D eigenvalue weighted by atomic mass is 35.5. The van der Waals surface area contributed by atoms with Crippen LogP contribution in [-0.2, 0) is 4.79 Å². The van der Waals surface area contributed by atoms with E-state index in [0.717, 1.165) is 11.1 Å². The van der Waals surface area contributed by atoms with Crippen molar-refractivity contribution < 1.29 is 18.8 Å². The second-order valence-corrected chi connectivity index (χ2v) is 6.96. The lowest BCUT2D eigenvalue weighted by Gasteiger charge is -2.11. The molecule has 0 unspecified atom stereocenters. The number of hydrogen-bond acceptors (Lipinski definition) is 6. The molecule has 156 valence electrons. The maximum atomic E-state index is 12.1. The number of rotatable bonds is 8. The lowest BCUT2D eigenvalue weighted by molar-refractivity contribution is -0.123. The number of nitrogens with zero attached hydrogens (tertiary/aromatic N) is 2. The molecular formula is C21H21ClN4O4. The molecule has 1 aromatic heterocycles. The SMILES string of the molecule is Cc1cccc(OCC(=O)NCCNC(=O)c2nc(-c3cccc(Cl)c3)no2)c1C. The number of halogens is 1. The summed E-state index contributed by atoms with van der Waals surface area (Å²) < 4.78 is 10.5. The average Bonchev–Trinajstić information content (AvgIpc) is 3.22. The smallest absolute Gasteiger partial charge is 0.316 e. The first kappa shape index (κ1) is 21.3. The first-order valence-electron chi connectivity index (χ1n) is 9.27. The zero-order valence-corrected chi connectivity index (χ0v) is 17.3. The summed E-state index contributed by atoms with van der Waals surface area (Å²) in [5, 5.41) is 9.58. The molecule has 30 heavy (non-hydrogen) atoms. The third-order valence-electron chi connectivity index (χ3n) is 4.35. The van der Waals surface area contributed by atoms with Crippen molar-refractivity contribution in [2.75, 3.05) is 19.7 Å². The van der Waals surface area contributed by atoms with Crippen LogP contribution in [0, 0.1) is 13.8 Å². The molecule has 0 spiro atoms. The van der Waals surface area contributed by atoms with Gasteiger partial charge in [-0.3, -0.25) is 9.59 Å². The van der Waals surface area contributed by atoms with Gasteiger partial charge in [0.2, 0.25) is 5.82 Å². The molecule has 2 amide bonds. The lowest BCUT2D eigenvalue weighted by Crippen LogP contribution is -2.36. The molecule has 3 rings (SSSR count). The summed E-state index contributed by atoms with van der Waals surface area (Å²) in [6.45, 7) is 4.24. The van der Waals surface area contributed by atoms with Crippen LogP contribution in [0.3, 0.4) is 0 Å². The monoisotopic (exact) mass is 428 g/mol. The Hall–Kier alpha value is -3.39. The van der Waals surface area contributed by atoms with Crippen LogP contribution in [0.4, 0.5) is 0 Å². The van der Waals surface area contributed by atoms with Crippen LogP contribution < -0.4 is 15.4 Å². The summed E-state index contributed by atoms with van der Waals surface area (Å²) in [7, 11) is 0. The molecule has 0 aliphatic rings. The predicted molar refractivity (Wildman–Crippen MR) is 111 cm³/mol. The zero-order valence-electron chi connectivity index (χ0n) is 16.6. The van der Waals surface area contributed by atoms with Gasteiger partial charge in [0.05, 0.1) is 0 Å². The first-order chi connectivity index (χ1) is 14.4. The van der Waals surface area contributed by atoms with E-state index in [0.29, 0.717) is 16.3 Å². The molecule has 2 N–H and O–H groups in total. The molecule has 0 aliphatic heterocycles. The fourth-order valence-corrected chi connectivity index (χ4v) is 2.78. The van der Waals surface area contributed by atoms with E-state index in [-0.39, 0.29) is 37.3 Å². The maximum Gasteiger partial charge on any atom is 0.316 e. The van der Waals surface area contributed by atoms with Crippen molar-refractivity contribution in [3.8, 4) is 17.1 Å². The van der Waals surface area contributed by atoms with Crippen LogP contribution >= 0.6 is 11.6 Å². The van der Waals surface area contributed by atoms with Crippen LogP contribution in [0.5, 0.6) is 5.75 Å². The fraction of sp³-hybridized carbons (Fsp3) is 0.238. The van der Waals surface area contributed by atoms with Crippen LogP contribution in [0.15, 0.2) is 47.0 Å². The van der Waals surface area contributed by atoms with E-state index in [2.05, 4.69) is 20.8 Å². The average molecular weight is 429 g/mol. The van der Waals surface area contributed by atoms with Crippen LogP contribution in [0.1, 0.15) is 21.8 Å². The second kappa shape index (κ2) is 9.89. The molecule has 0 bridgehead atoms. The molecule has 1 heterocycles. The van der Waals surface area contributed by atoms with Crippen LogP contribution in [-0.4, -0.2) is 41.7 Å². The highest BCUT2D eigenvalue weighted by Crippen LogP contribution is 2.21. The minimum atomic E-state index is -0.531. The molecular weight excluding hydrogens is 408 g/mol. The zero-order chi connectivity index (χ0) is 21.5. The molecule has 0 atom stereocenters. The third kappa shape index (κ3) is 5.57. The number of nitrogens with one attached hydrogen (secondary N) is 2. The molecule has 9 heteroatoms. The summed E-state index contributed by atoms with van der Waals surface area (Å²) in [4.78, 5) is 28.1. The summed E-state index contributed by atoms with van der Waals surface area (Å²) in [5.41, 5.74) is 2.73. The van der Waals surface area contributed by atoms with Gasteiger partial charge in [0.15, 0.2) is 6.61 Å². The number of aromatic nitrogens is 2. The van der Waals surface area contributed by atoms with Crippen molar-refractivity contribution in [3.63, 3.8) is 0 Å². The van der Waals surface area contributed by atoms with Crippen molar-refractivity contribution >= 4 is 23.4 Å². The van der Waals surface area contributed by atoms with Crippen molar-refractivity contribution in [2.24, 2.45) is 0 Å². The number of carbonyl (C=O) groups is 2. The van der Waals surface area contributed by atoms with Gasteiger partial charge in [-0.15, -0.1) is 0 Å². The van der Waals surface area contributed by atoms with E-state index in [1.165, 1.54) is 0 Å². The Morgan fingerprint density at radius 1 is 1.10 bits per heavy atom. The van der Waals surface area contributed by atoms with Gasteiger partial charge in [-0.2, -0.15) is 4.98 Å². The maximum absolute atomic E-state index is 12.1. The van der Waals surface area contributed by atoms with Crippen molar-refractivity contribution in [1.29, 1.82) is 0 Å². The van der Waals surface area contributed by atoms with Gasteiger partial charge in [-0.25, -0.2) is 0 Å². The number of ether oxygens (including phenoxy) is 1. The van der Waals surface area contributed by atoms with E-state index in [1.54, 1.807) is 24.3 Å². The Kier molecular flexibility index (Phi) is 7.03. The predicted octanol–water partition coefficient (Wildman–Crippen LogP) is 2.93. The third-order valence-corrected chi connectivity index (χ3v) is 4.58. The fourth-order valence-electron chi connectivity index (χ4n) is 2.59. The van der Waals surface area contributed by atoms with E-state index in [9.17, 15) is 9.59 Å². The van der Waals surface area contributed by atoms with Crippen molar-refractivity contribution in [3.05, 3.63) is 64.5 Å². The first-order valence-corrected chi connectivity index (χ1v) is 9.65. The van der Waals surface area contributed by atoms with Gasteiger partial charge in [0.1, 0.15) is 5.75 Å². The highest BCUT2D eigenvalue weighted by Gasteiger charge is 2.16. The molecule has 8 nitrogen and oxygen atoms in total. The molecule has 0 saturated carbocycles. The van der Waals surface area contributed by atoms with Crippen molar-refractivity contribution in [1.82, 2.24) is 20.8 Å². The van der Waals surface area contributed by atoms with Gasteiger partial charge in [0, 0.05) is 23.7 Å². The van der Waals surface area contributed by atoms with Gasteiger partial charge in [-0.1, -0.05) is 41.0 Å². The topological polar surface area (TPSA) is 106 Å². The molecule has 0 fully saturated rings. The number of amides is 2. The normalized spacial score (nSPS) is 10.5. The van der Waals surface area contributed by atoms with Crippen molar-refractivity contribution in [2.45, 2.75) is 13.8 Å². The Balaban J connectivity index is 1.40. The molecule has 0 aliphatic carbocycles. The van der Waals surface area contributed by atoms with E-state index < -0.39 is 5.91 Å². The second-order valence-electron chi connectivity index (χ2n) is 6.53. The number of hydrogen-bond donors (Lipinski definition) is 2. The molecule has 0 radical (unpaired) electrons. The minimum Gasteiger partial charge on any atom is -0.483 e. The van der Waals surface area contributed by atoms with E-state index >= 15 is 0 Å². The summed E-state index contributed by atoms with van der Waals surface area (Å²) in [6, 6.07) is 12.6. The summed E-state index contributed by atoms with van der Waals surface area (Å²) in [6.07, 6.45) is 0. The Bertz CT molecular complexity index is 1050. The largest absolute Gasteiger partial charge is 0.483 e. The number of carbonyl (C=O) groups excluding carboxylic acids is 2. The van der Waals surface area contributed by atoms with Crippen LogP contribution in [0.2, 0.25) is 5.02 Å². The Morgan fingerprint density at radius 3 is 2.67 bits per heavy atom. The molecule has 2 aromatic carbocycles. The van der Waals surface area contributed by atoms with Gasteiger partial charge in [0.25, 0.3) is 5.91 Å². The summed E-state index contributed by atoms with van der Waals surface area (Å²) >= 11 is 5.94. The lowest BCUT2D eigenvalue weighted by atomic mass is 10.1. The van der Waals surface area contributed by atoms with Crippen LogP contribution in [0.25, 0.3) is 11.4 Å². The number of aryl methyl sites for hydroxylation is 1. The Labute approximate surface area is 178 Å². The standard InChI is InChI=1S/C21H21ClN4O4/c1-13-5-3-8-17(14(13)2)29-12-18(27)23-9-10-24-20(28)21-25-19(26-30-21)15-6-4-7-16(22)11-15/h3-8,11H,9-10,12H2,1-2H3,(H,23,27)(H,24,28). The Morgan fingerprint density at radius 2 is 1.87 bits per heavy atom. The molecule has 0 saturated heterocycles. The number of benzene rings is 2. The van der Waals surface area contributed by atoms with Gasteiger partial charge < -0.3 is 19.9 Å². The quantitative estimate of drug-likeness (QED) is 0.534. The van der Waals surface area contributed by atoms with E-state index in [4.69, 9.17) is 20.9 Å². The van der Waals surface area contributed by atoms with Gasteiger partial charge in [-0.05, 0) is 43.2 Å². The van der Waals surface area contributed by atoms with E-state index in [1.807, 2.05) is 32.0 Å². The van der Waals surface area contributed by atoms with Gasteiger partial charge >= 0.3 is 11.8 Å². The minimum absolute atomic E-state index is 0.106.